The van der Waals surface area contributed by atoms with Gasteiger partial charge in [-0.15, -0.1) is 0 Å². The highest BCUT2D eigenvalue weighted by Crippen LogP contribution is 2.39. The van der Waals surface area contributed by atoms with Crippen molar-refractivity contribution < 1.29 is 0 Å². The topological polar surface area (TPSA) is 0 Å². The minimum Gasteiger partial charge on any atom is -0.176 e. The lowest BCUT2D eigenvalue weighted by atomic mass is 9.91. The van der Waals surface area contributed by atoms with Crippen LogP contribution in [0.4, 0.5) is 0 Å². The molecule has 2 rings (SSSR count). The van der Waals surface area contributed by atoms with E-state index in [2.05, 4.69) is 31.3 Å². The number of thioether (sulfide) groups is 1. The molecule has 0 bridgehead atoms. The molecule has 2 saturated carbocycles. The first-order valence-corrected chi connectivity index (χ1v) is 8.03. The highest BCUT2D eigenvalue weighted by atomic mass is 32.2. The SMILES string of the molecule is CC1CCC(SC2CCC(S)CC2)CC1. The molecule has 0 saturated heterocycles. The quantitative estimate of drug-likeness (QED) is 0.696. The molecule has 0 aromatic carbocycles. The fraction of sp³-hybridized carbons (Fsp3) is 1.00. The van der Waals surface area contributed by atoms with Crippen molar-refractivity contribution in [1.29, 1.82) is 0 Å². The van der Waals surface area contributed by atoms with Gasteiger partial charge >= 0.3 is 0 Å². The summed E-state index contributed by atoms with van der Waals surface area (Å²) in [6.07, 6.45) is 11.4. The smallest absolute Gasteiger partial charge is 0.00506 e. The Morgan fingerprint density at radius 3 is 1.80 bits per heavy atom. The Labute approximate surface area is 104 Å². The van der Waals surface area contributed by atoms with Crippen LogP contribution in [-0.4, -0.2) is 15.7 Å². The Bertz CT molecular complexity index is 157. The van der Waals surface area contributed by atoms with Crippen molar-refractivity contribution in [3.63, 3.8) is 0 Å². The van der Waals surface area contributed by atoms with E-state index in [-0.39, 0.29) is 0 Å². The number of rotatable bonds is 2. The lowest BCUT2D eigenvalue weighted by Crippen LogP contribution is -2.21. The van der Waals surface area contributed by atoms with Gasteiger partial charge in [0.25, 0.3) is 0 Å². The first kappa shape index (κ1) is 12.2. The molecule has 2 fully saturated rings. The van der Waals surface area contributed by atoms with Crippen LogP contribution in [0.25, 0.3) is 0 Å². The van der Waals surface area contributed by atoms with Gasteiger partial charge < -0.3 is 0 Å². The predicted octanol–water partition coefficient (Wildman–Crippen LogP) is 4.54. The molecule has 0 heterocycles. The van der Waals surface area contributed by atoms with Crippen LogP contribution in [0.5, 0.6) is 0 Å². The molecule has 0 aromatic heterocycles. The van der Waals surface area contributed by atoms with Gasteiger partial charge in [0, 0.05) is 15.7 Å². The van der Waals surface area contributed by atoms with Crippen LogP contribution in [-0.2, 0) is 0 Å². The standard InChI is InChI=1S/C13H24S2/c1-10-2-6-12(7-3-10)15-13-8-4-11(14)5-9-13/h10-14H,2-9H2,1H3. The van der Waals surface area contributed by atoms with Crippen molar-refractivity contribution in [3.05, 3.63) is 0 Å². The molecule has 88 valence electrons. The van der Waals surface area contributed by atoms with Crippen molar-refractivity contribution in [2.24, 2.45) is 5.92 Å². The maximum atomic E-state index is 4.57. The average Bonchev–Trinajstić information content (AvgIpc) is 2.25. The van der Waals surface area contributed by atoms with Crippen molar-refractivity contribution in [2.75, 3.05) is 0 Å². The van der Waals surface area contributed by atoms with Crippen LogP contribution in [0.2, 0.25) is 0 Å². The molecule has 0 atom stereocenters. The van der Waals surface area contributed by atoms with Crippen molar-refractivity contribution in [1.82, 2.24) is 0 Å². The third-order valence-corrected chi connectivity index (χ3v) is 6.22. The van der Waals surface area contributed by atoms with E-state index in [9.17, 15) is 0 Å². The van der Waals surface area contributed by atoms with Gasteiger partial charge in [-0.2, -0.15) is 24.4 Å². The molecule has 0 N–H and O–H groups in total. The summed E-state index contributed by atoms with van der Waals surface area (Å²) in [7, 11) is 0. The minimum absolute atomic E-state index is 0.702. The zero-order chi connectivity index (χ0) is 10.7. The Morgan fingerprint density at radius 1 is 0.800 bits per heavy atom. The third kappa shape index (κ3) is 3.89. The van der Waals surface area contributed by atoms with Gasteiger partial charge in [0.2, 0.25) is 0 Å². The summed E-state index contributed by atoms with van der Waals surface area (Å²) in [6, 6.07) is 0. The van der Waals surface area contributed by atoms with E-state index in [4.69, 9.17) is 0 Å². The van der Waals surface area contributed by atoms with Crippen LogP contribution in [0, 0.1) is 5.92 Å². The summed E-state index contributed by atoms with van der Waals surface area (Å²) in [5, 5.41) is 2.66. The molecule has 15 heavy (non-hydrogen) atoms. The first-order valence-electron chi connectivity index (χ1n) is 6.57. The number of hydrogen-bond donors (Lipinski definition) is 1. The second-order valence-electron chi connectivity index (χ2n) is 5.45. The highest BCUT2D eigenvalue weighted by molar-refractivity contribution is 8.00. The molecule has 0 aromatic rings. The zero-order valence-corrected chi connectivity index (χ0v) is 11.5. The van der Waals surface area contributed by atoms with Crippen LogP contribution in [0.1, 0.15) is 58.3 Å². The molecule has 2 heteroatoms. The van der Waals surface area contributed by atoms with E-state index < -0.39 is 0 Å². The number of thiol groups is 1. The molecule has 2 aliphatic carbocycles. The van der Waals surface area contributed by atoms with Crippen LogP contribution in [0.15, 0.2) is 0 Å². The van der Waals surface area contributed by atoms with Gasteiger partial charge in [-0.05, 0) is 57.3 Å². The summed E-state index contributed by atoms with van der Waals surface area (Å²) in [5.41, 5.74) is 0. The van der Waals surface area contributed by atoms with Gasteiger partial charge in [0.1, 0.15) is 0 Å². The Kier molecular flexibility index (Phi) is 4.75. The number of hydrogen-bond acceptors (Lipinski definition) is 2. The Morgan fingerprint density at radius 2 is 1.27 bits per heavy atom. The summed E-state index contributed by atoms with van der Waals surface area (Å²) in [4.78, 5) is 0. The van der Waals surface area contributed by atoms with Crippen LogP contribution in [0.3, 0.4) is 0 Å². The molecule has 0 unspecified atom stereocenters. The monoisotopic (exact) mass is 244 g/mol. The summed E-state index contributed by atoms with van der Waals surface area (Å²) in [5.74, 6) is 0.995. The summed E-state index contributed by atoms with van der Waals surface area (Å²) in [6.45, 7) is 2.41. The van der Waals surface area contributed by atoms with Crippen LogP contribution >= 0.6 is 24.4 Å². The molecule has 2 aliphatic rings. The second kappa shape index (κ2) is 5.86. The first-order chi connectivity index (χ1) is 7.24. The van der Waals surface area contributed by atoms with Crippen molar-refractivity contribution in [2.45, 2.75) is 74.0 Å². The molecule has 0 nitrogen and oxygen atoms in total. The molecular formula is C13H24S2. The van der Waals surface area contributed by atoms with Gasteiger partial charge in [-0.25, -0.2) is 0 Å². The Balaban J connectivity index is 1.68. The lowest BCUT2D eigenvalue weighted by molar-refractivity contribution is 0.391. The van der Waals surface area contributed by atoms with Crippen molar-refractivity contribution >= 4 is 24.4 Å². The normalized spacial score (nSPS) is 42.8. The second-order valence-corrected chi connectivity index (χ2v) is 7.78. The maximum Gasteiger partial charge on any atom is 0.00506 e. The van der Waals surface area contributed by atoms with E-state index in [0.29, 0.717) is 5.25 Å². The Hall–Kier alpha value is 0.700. The molecule has 0 amide bonds. The molecular weight excluding hydrogens is 220 g/mol. The fourth-order valence-corrected chi connectivity index (χ4v) is 4.75. The largest absolute Gasteiger partial charge is 0.176 e. The van der Waals surface area contributed by atoms with Crippen LogP contribution < -0.4 is 0 Å². The summed E-state index contributed by atoms with van der Waals surface area (Å²) < 4.78 is 0. The van der Waals surface area contributed by atoms with E-state index in [1.807, 2.05) is 0 Å². The van der Waals surface area contributed by atoms with Gasteiger partial charge in [0.05, 0.1) is 0 Å². The minimum atomic E-state index is 0.702. The van der Waals surface area contributed by atoms with E-state index in [1.165, 1.54) is 51.4 Å². The van der Waals surface area contributed by atoms with Gasteiger partial charge in [-0.1, -0.05) is 6.92 Å². The van der Waals surface area contributed by atoms with Gasteiger partial charge in [-0.3, -0.25) is 0 Å². The molecule has 0 radical (unpaired) electrons. The van der Waals surface area contributed by atoms with Crippen molar-refractivity contribution in [3.8, 4) is 0 Å². The van der Waals surface area contributed by atoms with E-state index >= 15 is 0 Å². The lowest BCUT2D eigenvalue weighted by Gasteiger charge is -2.32. The zero-order valence-electron chi connectivity index (χ0n) is 9.82. The summed E-state index contributed by atoms with van der Waals surface area (Å²) >= 11 is 6.88. The third-order valence-electron chi connectivity index (χ3n) is 3.99. The van der Waals surface area contributed by atoms with E-state index in [0.717, 1.165) is 16.4 Å². The maximum absolute atomic E-state index is 4.57. The average molecular weight is 244 g/mol. The predicted molar refractivity (Wildman–Crippen MR) is 74.0 cm³/mol. The molecule has 0 aliphatic heterocycles. The van der Waals surface area contributed by atoms with E-state index in [1.54, 1.807) is 0 Å². The molecule has 0 spiro atoms. The van der Waals surface area contributed by atoms with Gasteiger partial charge in [0.15, 0.2) is 0 Å². The highest BCUT2D eigenvalue weighted by Gasteiger charge is 2.25. The fourth-order valence-electron chi connectivity index (χ4n) is 2.82.